The zero-order valence-electron chi connectivity index (χ0n) is 12.5. The van der Waals surface area contributed by atoms with Crippen LogP contribution in [0.4, 0.5) is 0 Å². The summed E-state index contributed by atoms with van der Waals surface area (Å²) in [6.45, 7) is 3.00. The Morgan fingerprint density at radius 1 is 0.909 bits per heavy atom. The van der Waals surface area contributed by atoms with Crippen molar-refractivity contribution in [1.82, 2.24) is 14.5 Å². The summed E-state index contributed by atoms with van der Waals surface area (Å²) in [6, 6.07) is 18.9. The summed E-state index contributed by atoms with van der Waals surface area (Å²) in [4.78, 5) is 9.18. The van der Waals surface area contributed by atoms with Gasteiger partial charge in [-0.1, -0.05) is 48.5 Å². The predicted octanol–water partition coefficient (Wildman–Crippen LogP) is 4.14. The molecule has 0 spiro atoms. The van der Waals surface area contributed by atoms with Gasteiger partial charge >= 0.3 is 0 Å². The summed E-state index contributed by atoms with van der Waals surface area (Å²) >= 11 is 0. The average molecular weight is 287 g/mol. The topological polar surface area (TPSA) is 30.7 Å². The minimum Gasteiger partial charge on any atom is -0.327 e. The van der Waals surface area contributed by atoms with Gasteiger partial charge in [0.15, 0.2) is 0 Å². The van der Waals surface area contributed by atoms with Crippen molar-refractivity contribution in [2.24, 2.45) is 0 Å². The number of para-hydroxylation sites is 1. The maximum atomic E-state index is 4.68. The van der Waals surface area contributed by atoms with Crippen molar-refractivity contribution in [3.8, 4) is 0 Å². The van der Waals surface area contributed by atoms with Gasteiger partial charge in [-0.05, 0) is 25.0 Å². The molecule has 0 atom stereocenters. The highest BCUT2D eigenvalue weighted by molar-refractivity contribution is 6.02. The van der Waals surface area contributed by atoms with Crippen LogP contribution < -0.4 is 0 Å². The quantitative estimate of drug-likeness (QED) is 0.567. The van der Waals surface area contributed by atoms with Crippen molar-refractivity contribution in [1.29, 1.82) is 0 Å². The van der Waals surface area contributed by atoms with Crippen LogP contribution in [0.3, 0.4) is 0 Å². The summed E-state index contributed by atoms with van der Waals surface area (Å²) in [5.74, 6) is 1.05. The average Bonchev–Trinajstić information content (AvgIpc) is 2.90. The van der Waals surface area contributed by atoms with E-state index < -0.39 is 0 Å². The minimum absolute atomic E-state index is 0.931. The molecule has 0 N–H and O–H groups in total. The van der Waals surface area contributed by atoms with Crippen LogP contribution in [0.5, 0.6) is 0 Å². The number of aromatic nitrogens is 3. The molecule has 0 aliphatic rings. The van der Waals surface area contributed by atoms with E-state index in [4.69, 9.17) is 0 Å². The molecule has 4 aromatic rings. The highest BCUT2D eigenvalue weighted by Crippen LogP contribution is 2.24. The SMILES string of the molecule is Cc1nc2cnc3ccccc3c2n1CCc1ccccc1. The molecule has 0 unspecified atom stereocenters. The third-order valence-corrected chi connectivity index (χ3v) is 4.14. The first kappa shape index (κ1) is 13.0. The van der Waals surface area contributed by atoms with Crippen LogP contribution in [-0.2, 0) is 13.0 Å². The van der Waals surface area contributed by atoms with E-state index in [0.717, 1.165) is 29.8 Å². The van der Waals surface area contributed by atoms with E-state index in [9.17, 15) is 0 Å². The minimum atomic E-state index is 0.931. The van der Waals surface area contributed by atoms with E-state index in [2.05, 4.69) is 70.0 Å². The molecule has 0 amide bonds. The largest absolute Gasteiger partial charge is 0.327 e. The molecule has 0 bridgehead atoms. The lowest BCUT2D eigenvalue weighted by molar-refractivity contribution is 0.693. The van der Waals surface area contributed by atoms with Crippen LogP contribution in [0, 0.1) is 6.92 Å². The molecule has 108 valence electrons. The lowest BCUT2D eigenvalue weighted by atomic mass is 10.1. The second-order valence-electron chi connectivity index (χ2n) is 5.56. The molecule has 2 aromatic heterocycles. The summed E-state index contributed by atoms with van der Waals surface area (Å²) < 4.78 is 2.31. The zero-order valence-corrected chi connectivity index (χ0v) is 12.5. The van der Waals surface area contributed by atoms with Crippen molar-refractivity contribution in [3.63, 3.8) is 0 Å². The normalized spacial score (nSPS) is 11.3. The summed E-state index contributed by atoms with van der Waals surface area (Å²) in [5.41, 5.74) is 4.54. The summed E-state index contributed by atoms with van der Waals surface area (Å²) in [7, 11) is 0. The van der Waals surface area contributed by atoms with Crippen molar-refractivity contribution in [3.05, 3.63) is 72.2 Å². The number of aryl methyl sites for hydroxylation is 3. The number of imidazole rings is 1. The number of hydrogen-bond donors (Lipinski definition) is 0. The molecule has 0 fully saturated rings. The molecule has 22 heavy (non-hydrogen) atoms. The smallest absolute Gasteiger partial charge is 0.108 e. The first-order chi connectivity index (χ1) is 10.8. The molecule has 0 radical (unpaired) electrons. The van der Waals surface area contributed by atoms with Gasteiger partial charge in [0.05, 0.1) is 17.2 Å². The highest BCUT2D eigenvalue weighted by atomic mass is 15.1. The van der Waals surface area contributed by atoms with Gasteiger partial charge in [0.25, 0.3) is 0 Å². The second kappa shape index (κ2) is 5.26. The Morgan fingerprint density at radius 3 is 2.55 bits per heavy atom. The Hall–Kier alpha value is -2.68. The molecule has 2 heterocycles. The molecular weight excluding hydrogens is 270 g/mol. The number of fused-ring (bicyclic) bond motifs is 3. The third-order valence-electron chi connectivity index (χ3n) is 4.14. The Kier molecular flexibility index (Phi) is 3.11. The lowest BCUT2D eigenvalue weighted by Gasteiger charge is -2.08. The van der Waals surface area contributed by atoms with Gasteiger partial charge in [-0.3, -0.25) is 4.98 Å². The molecule has 0 saturated carbocycles. The Bertz CT molecular complexity index is 939. The zero-order chi connectivity index (χ0) is 14.9. The van der Waals surface area contributed by atoms with E-state index in [1.54, 1.807) is 0 Å². The van der Waals surface area contributed by atoms with E-state index >= 15 is 0 Å². The Morgan fingerprint density at radius 2 is 1.68 bits per heavy atom. The van der Waals surface area contributed by atoms with Gasteiger partial charge < -0.3 is 4.57 Å². The number of nitrogens with zero attached hydrogens (tertiary/aromatic N) is 3. The maximum absolute atomic E-state index is 4.68. The van der Waals surface area contributed by atoms with Crippen molar-refractivity contribution in [2.75, 3.05) is 0 Å². The van der Waals surface area contributed by atoms with E-state index in [-0.39, 0.29) is 0 Å². The van der Waals surface area contributed by atoms with Gasteiger partial charge in [0, 0.05) is 11.9 Å². The van der Waals surface area contributed by atoms with Crippen LogP contribution in [0.15, 0.2) is 60.8 Å². The van der Waals surface area contributed by atoms with Crippen molar-refractivity contribution in [2.45, 2.75) is 19.9 Å². The lowest BCUT2D eigenvalue weighted by Crippen LogP contribution is -2.03. The summed E-state index contributed by atoms with van der Waals surface area (Å²) in [5, 5.41) is 1.17. The van der Waals surface area contributed by atoms with Gasteiger partial charge in [-0.15, -0.1) is 0 Å². The highest BCUT2D eigenvalue weighted by Gasteiger charge is 2.11. The van der Waals surface area contributed by atoms with Crippen molar-refractivity contribution >= 4 is 21.9 Å². The molecule has 2 aromatic carbocycles. The van der Waals surface area contributed by atoms with Crippen LogP contribution >= 0.6 is 0 Å². The third kappa shape index (κ3) is 2.15. The van der Waals surface area contributed by atoms with Gasteiger partial charge in [-0.25, -0.2) is 4.98 Å². The van der Waals surface area contributed by atoms with E-state index in [0.29, 0.717) is 0 Å². The van der Waals surface area contributed by atoms with Gasteiger partial charge in [-0.2, -0.15) is 0 Å². The van der Waals surface area contributed by atoms with Crippen LogP contribution in [0.2, 0.25) is 0 Å². The van der Waals surface area contributed by atoms with Crippen LogP contribution in [0.25, 0.3) is 21.9 Å². The van der Waals surface area contributed by atoms with E-state index in [1.165, 1.54) is 16.5 Å². The number of benzene rings is 2. The summed E-state index contributed by atoms with van der Waals surface area (Å²) in [6.07, 6.45) is 2.88. The number of hydrogen-bond acceptors (Lipinski definition) is 2. The predicted molar refractivity (Wildman–Crippen MR) is 89.9 cm³/mol. The Balaban J connectivity index is 1.82. The molecule has 4 rings (SSSR count). The van der Waals surface area contributed by atoms with Gasteiger partial charge in [0.2, 0.25) is 0 Å². The van der Waals surface area contributed by atoms with Crippen LogP contribution in [0.1, 0.15) is 11.4 Å². The monoisotopic (exact) mass is 287 g/mol. The fourth-order valence-electron chi connectivity index (χ4n) is 3.04. The fourth-order valence-corrected chi connectivity index (χ4v) is 3.04. The first-order valence-electron chi connectivity index (χ1n) is 7.57. The molecular formula is C19H17N3. The number of pyridine rings is 1. The first-order valence-corrected chi connectivity index (χ1v) is 7.57. The molecule has 3 heteroatoms. The maximum Gasteiger partial charge on any atom is 0.108 e. The molecule has 3 nitrogen and oxygen atoms in total. The molecule has 0 saturated heterocycles. The van der Waals surface area contributed by atoms with Crippen molar-refractivity contribution < 1.29 is 0 Å². The van der Waals surface area contributed by atoms with Crippen LogP contribution in [-0.4, -0.2) is 14.5 Å². The van der Waals surface area contributed by atoms with E-state index in [1.807, 2.05) is 12.3 Å². The molecule has 0 aliphatic carbocycles. The second-order valence-corrected chi connectivity index (χ2v) is 5.56. The standard InChI is InChI=1S/C19H17N3/c1-14-21-18-13-20-17-10-6-5-9-16(17)19(18)22(14)12-11-15-7-3-2-4-8-15/h2-10,13H,11-12H2,1H3. The van der Waals surface area contributed by atoms with Gasteiger partial charge in [0.1, 0.15) is 11.3 Å². The fraction of sp³-hybridized carbons (Fsp3) is 0.158. The number of rotatable bonds is 3. The Labute approximate surface area is 129 Å². The molecule has 0 aliphatic heterocycles.